The number of H-pyrrole nitrogens is 1. The fourth-order valence-electron chi connectivity index (χ4n) is 4.41. The summed E-state index contributed by atoms with van der Waals surface area (Å²) >= 11 is 0. The van der Waals surface area contributed by atoms with Crippen LogP contribution in [-0.2, 0) is 6.54 Å². The molecule has 3 aromatic heterocycles. The zero-order valence-electron chi connectivity index (χ0n) is 18.9. The lowest BCUT2D eigenvalue weighted by molar-refractivity contribution is 0.0886. The van der Waals surface area contributed by atoms with Crippen molar-refractivity contribution >= 4 is 28.0 Å². The van der Waals surface area contributed by atoms with Gasteiger partial charge in [-0.15, -0.1) is 0 Å². The number of nitrogens with one attached hydrogen (secondary N) is 2. The molecule has 0 radical (unpaired) electrons. The Labute approximate surface area is 202 Å². The third kappa shape index (κ3) is 4.49. The molecule has 4 aromatic rings. The van der Waals surface area contributed by atoms with Gasteiger partial charge in [-0.25, -0.2) is 18.2 Å². The summed E-state index contributed by atoms with van der Waals surface area (Å²) in [5.41, 5.74) is 1.82. The van der Waals surface area contributed by atoms with Gasteiger partial charge in [0.2, 0.25) is 5.95 Å². The van der Waals surface area contributed by atoms with E-state index in [-0.39, 0.29) is 22.3 Å². The maximum atomic E-state index is 15.3. The molecule has 0 fully saturated rings. The number of nitrogens with zero attached hydrogens (tertiary/aromatic N) is 3. The third-order valence-corrected chi connectivity index (χ3v) is 6.21. The number of amides is 1. The summed E-state index contributed by atoms with van der Waals surface area (Å²) in [5.74, 6) is -2.23. The molecule has 7 nitrogen and oxygen atoms in total. The molecule has 36 heavy (non-hydrogen) atoms. The van der Waals surface area contributed by atoms with Crippen molar-refractivity contribution in [3.05, 3.63) is 87.6 Å². The first-order valence-corrected chi connectivity index (χ1v) is 11.3. The normalized spacial score (nSPS) is 14.5. The van der Waals surface area contributed by atoms with Crippen LogP contribution in [0.5, 0.6) is 0 Å². The van der Waals surface area contributed by atoms with Gasteiger partial charge in [-0.3, -0.25) is 14.5 Å². The second-order valence-electron chi connectivity index (χ2n) is 8.50. The Hall–Kier alpha value is -3.99. The maximum Gasteiger partial charge on any atom is 0.272 e. The highest BCUT2D eigenvalue weighted by Crippen LogP contribution is 2.26. The average Bonchev–Trinajstić information content (AvgIpc) is 3.36. The number of carbonyl (C=O) groups is 1. The average molecular weight is 499 g/mol. The zero-order valence-corrected chi connectivity index (χ0v) is 18.9. The number of alkyl halides is 2. The Kier molecular flexibility index (Phi) is 6.31. The van der Waals surface area contributed by atoms with E-state index in [1.165, 1.54) is 12.1 Å². The van der Waals surface area contributed by atoms with Crippen molar-refractivity contribution in [3.8, 4) is 0 Å². The Bertz CT molecular complexity index is 1560. The van der Waals surface area contributed by atoms with Crippen molar-refractivity contribution in [2.24, 2.45) is 0 Å². The molecule has 0 unspecified atom stereocenters. The lowest BCUT2D eigenvalue weighted by Gasteiger charge is -2.27. The van der Waals surface area contributed by atoms with Gasteiger partial charge in [0.25, 0.3) is 17.9 Å². The molecular formula is C25H21F4N5O2. The summed E-state index contributed by atoms with van der Waals surface area (Å²) < 4.78 is 56.0. The zero-order chi connectivity index (χ0) is 25.4. The van der Waals surface area contributed by atoms with Crippen LogP contribution in [0.3, 0.4) is 0 Å². The summed E-state index contributed by atoms with van der Waals surface area (Å²) in [6.45, 7) is 0.402. The highest BCUT2D eigenvalue weighted by molar-refractivity contribution is 5.92. The van der Waals surface area contributed by atoms with Crippen LogP contribution in [0.15, 0.2) is 53.5 Å². The summed E-state index contributed by atoms with van der Waals surface area (Å²) in [6, 6.07) is 9.54. The van der Waals surface area contributed by atoms with Crippen LogP contribution in [0, 0.1) is 11.8 Å². The molecule has 0 saturated carbocycles. The molecule has 0 bridgehead atoms. The van der Waals surface area contributed by atoms with E-state index in [0.29, 0.717) is 48.2 Å². The van der Waals surface area contributed by atoms with Gasteiger partial charge in [0.15, 0.2) is 5.82 Å². The molecule has 0 spiro atoms. The number of pyridine rings is 1. The lowest BCUT2D eigenvalue weighted by atomic mass is 10.00. The molecule has 1 amide bonds. The van der Waals surface area contributed by atoms with Crippen LogP contribution >= 0.6 is 0 Å². The van der Waals surface area contributed by atoms with Gasteiger partial charge in [0.1, 0.15) is 16.7 Å². The lowest BCUT2D eigenvalue weighted by Crippen LogP contribution is -2.30. The SMILES string of the molecule is O=C(NCC(F)F)c1ccc(C2=CCN(Cc3ccc4c([nH]c(=O)c5cccn54)c3F)CC2)c(F)n1. The molecule has 0 atom stereocenters. The highest BCUT2D eigenvalue weighted by atomic mass is 19.3. The van der Waals surface area contributed by atoms with Crippen LogP contribution in [0.4, 0.5) is 17.6 Å². The van der Waals surface area contributed by atoms with Crippen molar-refractivity contribution < 1.29 is 22.4 Å². The van der Waals surface area contributed by atoms with Crippen molar-refractivity contribution in [1.29, 1.82) is 0 Å². The van der Waals surface area contributed by atoms with E-state index in [1.807, 2.05) is 16.3 Å². The first-order chi connectivity index (χ1) is 17.3. The number of hydrogen-bond donors (Lipinski definition) is 2. The van der Waals surface area contributed by atoms with Gasteiger partial charge < -0.3 is 14.7 Å². The quantitative estimate of drug-likeness (QED) is 0.313. The molecule has 1 aliphatic heterocycles. The van der Waals surface area contributed by atoms with Crippen molar-refractivity contribution in [2.45, 2.75) is 19.4 Å². The topological polar surface area (TPSA) is 82.5 Å². The molecular weight excluding hydrogens is 478 g/mol. The van der Waals surface area contributed by atoms with Gasteiger partial charge in [0.05, 0.1) is 12.1 Å². The van der Waals surface area contributed by atoms with E-state index in [9.17, 15) is 22.8 Å². The van der Waals surface area contributed by atoms with Crippen molar-refractivity contribution in [1.82, 2.24) is 24.6 Å². The number of hydrogen-bond acceptors (Lipinski definition) is 4. The minimum atomic E-state index is -2.71. The Morgan fingerprint density at radius 3 is 2.69 bits per heavy atom. The first-order valence-electron chi connectivity index (χ1n) is 11.3. The molecule has 5 rings (SSSR count). The number of benzene rings is 1. The Balaban J connectivity index is 1.31. The number of rotatable bonds is 6. The van der Waals surface area contributed by atoms with Crippen LogP contribution < -0.4 is 10.9 Å². The predicted octanol–water partition coefficient (Wildman–Crippen LogP) is 3.74. The molecule has 0 saturated heterocycles. The highest BCUT2D eigenvalue weighted by Gasteiger charge is 2.20. The van der Waals surface area contributed by atoms with Crippen molar-refractivity contribution in [2.75, 3.05) is 19.6 Å². The summed E-state index contributed by atoms with van der Waals surface area (Å²) in [4.78, 5) is 32.3. The fourth-order valence-corrected chi connectivity index (χ4v) is 4.41. The van der Waals surface area contributed by atoms with Gasteiger partial charge in [-0.05, 0) is 42.3 Å². The monoisotopic (exact) mass is 499 g/mol. The number of carbonyl (C=O) groups excluding carboxylic acids is 1. The third-order valence-electron chi connectivity index (χ3n) is 6.21. The van der Waals surface area contributed by atoms with Crippen LogP contribution in [0.25, 0.3) is 22.1 Å². The second-order valence-corrected chi connectivity index (χ2v) is 8.50. The molecule has 4 heterocycles. The molecule has 11 heteroatoms. The molecule has 186 valence electrons. The summed E-state index contributed by atoms with van der Waals surface area (Å²) in [7, 11) is 0. The van der Waals surface area contributed by atoms with Gasteiger partial charge in [0, 0.05) is 37.0 Å². The number of aromatic nitrogens is 3. The van der Waals surface area contributed by atoms with E-state index in [1.54, 1.807) is 34.9 Å². The van der Waals surface area contributed by atoms with E-state index in [4.69, 9.17) is 0 Å². The first kappa shape index (κ1) is 23.7. The maximum absolute atomic E-state index is 15.3. The van der Waals surface area contributed by atoms with E-state index >= 15 is 4.39 Å². The summed E-state index contributed by atoms with van der Waals surface area (Å²) in [5, 5.41) is 1.99. The predicted molar refractivity (Wildman–Crippen MR) is 126 cm³/mol. The largest absolute Gasteiger partial charge is 0.345 e. The summed E-state index contributed by atoms with van der Waals surface area (Å²) in [6.07, 6.45) is 1.27. The number of fused-ring (bicyclic) bond motifs is 3. The Morgan fingerprint density at radius 1 is 1.14 bits per heavy atom. The number of halogens is 4. The van der Waals surface area contributed by atoms with Crippen molar-refractivity contribution in [3.63, 3.8) is 0 Å². The van der Waals surface area contributed by atoms with Gasteiger partial charge >= 0.3 is 0 Å². The molecule has 2 N–H and O–H groups in total. The molecule has 0 aliphatic carbocycles. The number of aromatic amines is 1. The van der Waals surface area contributed by atoms with E-state index < -0.39 is 30.6 Å². The second kappa shape index (κ2) is 9.57. The van der Waals surface area contributed by atoms with E-state index in [2.05, 4.69) is 9.97 Å². The molecule has 1 aromatic carbocycles. The van der Waals surface area contributed by atoms with Gasteiger partial charge in [-0.1, -0.05) is 12.1 Å². The smallest absolute Gasteiger partial charge is 0.272 e. The van der Waals surface area contributed by atoms with Crippen LogP contribution in [0.2, 0.25) is 0 Å². The van der Waals surface area contributed by atoms with Crippen LogP contribution in [0.1, 0.15) is 28.0 Å². The Morgan fingerprint density at radius 2 is 1.97 bits per heavy atom. The molecule has 1 aliphatic rings. The standard InChI is InChI=1S/C25H21F4N5O2/c26-20(27)12-30-24(35)17-5-4-16(23(29)31-17)14-7-10-33(11-8-14)13-15-3-6-18-22(21(15)28)32-25(36)19-2-1-9-34(18)19/h1-7,9,20H,8,10-13H2,(H,30,35)(H,32,36). The van der Waals surface area contributed by atoms with E-state index in [0.717, 1.165) is 0 Å². The van der Waals surface area contributed by atoms with Gasteiger partial charge in [-0.2, -0.15) is 4.39 Å². The fraction of sp³-hybridized carbons (Fsp3) is 0.240. The van der Waals surface area contributed by atoms with Crippen LogP contribution in [-0.4, -0.2) is 51.2 Å². The minimum Gasteiger partial charge on any atom is -0.345 e. The minimum absolute atomic E-state index is 0.139.